The molecule has 0 N–H and O–H groups in total. The second kappa shape index (κ2) is 21.8. The van der Waals surface area contributed by atoms with E-state index in [0.29, 0.717) is 106 Å². The van der Waals surface area contributed by atoms with Crippen LogP contribution in [0.4, 0.5) is 60.4 Å². The number of rotatable bonds is 11. The maximum absolute atomic E-state index is 15.2. The summed E-state index contributed by atoms with van der Waals surface area (Å²) in [5.74, 6) is 1.52. The Morgan fingerprint density at radius 3 is 1.35 bits per heavy atom. The van der Waals surface area contributed by atoms with Gasteiger partial charge in [0, 0.05) is 99.8 Å². The smallest absolute Gasteiger partial charge is 0.399 e. The molecule has 406 valence electrons. The van der Waals surface area contributed by atoms with Gasteiger partial charge in [-0.25, -0.2) is 8.78 Å². The summed E-state index contributed by atoms with van der Waals surface area (Å²) in [6.45, 7) is 14.1. The lowest BCUT2D eigenvalue weighted by Gasteiger charge is -2.36. The van der Waals surface area contributed by atoms with E-state index in [1.807, 2.05) is 66.4 Å². The molecule has 6 aromatic rings. The second-order valence-electron chi connectivity index (χ2n) is 21.1. The molecule has 0 unspecified atom stereocenters. The molecule has 2 aliphatic carbocycles. The average molecular weight is 1060 g/mol. The summed E-state index contributed by atoms with van der Waals surface area (Å²) >= 11 is 0. The van der Waals surface area contributed by atoms with Crippen molar-refractivity contribution in [1.82, 2.24) is 39.0 Å². The molecule has 3 aliphatic heterocycles. The van der Waals surface area contributed by atoms with Crippen LogP contribution in [0.2, 0.25) is 0 Å². The van der Waals surface area contributed by atoms with Crippen molar-refractivity contribution in [2.24, 2.45) is 11.8 Å². The molecule has 3 saturated heterocycles. The van der Waals surface area contributed by atoms with Gasteiger partial charge in [0.15, 0.2) is 11.3 Å². The molecule has 0 amide bonds. The van der Waals surface area contributed by atoms with Crippen molar-refractivity contribution >= 4 is 35.3 Å². The zero-order valence-corrected chi connectivity index (χ0v) is 42.3. The molecule has 5 aliphatic rings. The van der Waals surface area contributed by atoms with Crippen LogP contribution in [0, 0.1) is 30.4 Å². The van der Waals surface area contributed by atoms with Gasteiger partial charge in [0.2, 0.25) is 0 Å². The SMILES string of the molecule is CC1(C)OB(c2ccc(N3CCN(Cc4ccn5c(CC6CC6)nnc5c4C(F)(F)F)CC3)c(F)c2)OC1(C)C.Cc1ccc(N2CCN(Cc3ccn4c(CC5CC5)nnc4c3C(F)(F)F)CC2)c(F)c1.F.FF. The van der Waals surface area contributed by atoms with E-state index < -0.39 is 41.8 Å². The van der Waals surface area contributed by atoms with Gasteiger partial charge in [-0.15, -0.1) is 20.4 Å². The van der Waals surface area contributed by atoms with Gasteiger partial charge in [-0.2, -0.15) is 26.3 Å². The van der Waals surface area contributed by atoms with E-state index in [4.69, 9.17) is 18.5 Å². The maximum atomic E-state index is 15.2. The molecule has 2 saturated carbocycles. The number of anilines is 2. The summed E-state index contributed by atoms with van der Waals surface area (Å²) in [6, 6.07) is 13.2. The van der Waals surface area contributed by atoms with E-state index in [1.165, 1.54) is 27.0 Å². The van der Waals surface area contributed by atoms with Crippen LogP contribution < -0.4 is 15.3 Å². The summed E-state index contributed by atoms with van der Waals surface area (Å²) in [5.41, 5.74) is 0.119. The Morgan fingerprint density at radius 2 is 0.973 bits per heavy atom. The summed E-state index contributed by atoms with van der Waals surface area (Å²) in [6.07, 6.45) is -0.0859. The summed E-state index contributed by atoms with van der Waals surface area (Å²) < 4.78 is 145. The van der Waals surface area contributed by atoms with Crippen molar-refractivity contribution in [2.75, 3.05) is 62.2 Å². The molecule has 0 radical (unpaired) electrons. The van der Waals surface area contributed by atoms with Crippen molar-refractivity contribution < 1.29 is 58.3 Å². The van der Waals surface area contributed by atoms with Gasteiger partial charge in [0.25, 0.3) is 0 Å². The lowest BCUT2D eigenvalue weighted by Crippen LogP contribution is -2.46. The van der Waals surface area contributed by atoms with Gasteiger partial charge in [-0.1, -0.05) is 12.1 Å². The van der Waals surface area contributed by atoms with Crippen LogP contribution in [0.3, 0.4) is 0 Å². The minimum absolute atomic E-state index is 0. The fraction of sp³-hybridized carbons (Fsp3) is 0.529. The standard InChI is InChI=1S/C28H34BF4N5O2.C23H25F4N5.F2.FH/c1-26(2)27(3,4)40-29(39-26)20-7-8-22(21(30)16-20)37-13-11-36(12-14-37)17-19-9-10-38-23(15-18-5-6-18)34-35-25(38)24(19)28(31,32)33;1-15-2-5-19(18(24)12-15)31-10-8-30(9-11-31)14-17-6-7-32-20(13-16-3-4-16)28-29-22(32)21(17)23(25,26)27;1-2;/h7-10,16,18H,5-6,11-15,17H2,1-4H3;2,5-7,12,16H,3-4,8-11,13-14H2,1H3;;1H. The summed E-state index contributed by atoms with van der Waals surface area (Å²) in [4.78, 5) is 7.82. The highest BCUT2D eigenvalue weighted by molar-refractivity contribution is 6.62. The third kappa shape index (κ3) is 12.2. The second-order valence-corrected chi connectivity index (χ2v) is 21.1. The van der Waals surface area contributed by atoms with Gasteiger partial charge in [-0.3, -0.25) is 23.3 Å². The summed E-state index contributed by atoms with van der Waals surface area (Å²) in [7, 11) is -0.652. The quantitative estimate of drug-likeness (QED) is 0.0923. The highest BCUT2D eigenvalue weighted by Crippen LogP contribution is 2.40. The first-order valence-corrected chi connectivity index (χ1v) is 25.0. The molecule has 12 nitrogen and oxygen atoms in total. The van der Waals surface area contributed by atoms with E-state index in [9.17, 15) is 30.7 Å². The largest absolute Gasteiger partial charge is 0.494 e. The van der Waals surface area contributed by atoms with Crippen LogP contribution in [-0.4, -0.2) is 110 Å². The molecule has 2 aromatic carbocycles. The van der Waals surface area contributed by atoms with Crippen LogP contribution in [0.5, 0.6) is 0 Å². The molecule has 11 rings (SSSR count). The van der Waals surface area contributed by atoms with Crippen molar-refractivity contribution in [1.29, 1.82) is 0 Å². The van der Waals surface area contributed by atoms with Crippen LogP contribution in [0.25, 0.3) is 11.3 Å². The number of hydrogen-bond donors (Lipinski definition) is 0. The molecule has 0 spiro atoms. The highest BCUT2D eigenvalue weighted by atomic mass is 20.0. The van der Waals surface area contributed by atoms with Crippen molar-refractivity contribution in [2.45, 2.75) is 110 Å². The Bertz CT molecular complexity index is 2930. The number of fused-ring (bicyclic) bond motifs is 2. The van der Waals surface area contributed by atoms with Crippen LogP contribution in [-0.2, 0) is 47.6 Å². The highest BCUT2D eigenvalue weighted by Gasteiger charge is 2.52. The average Bonchev–Trinajstić information content (AvgIpc) is 4.26. The maximum Gasteiger partial charge on any atom is 0.494 e. The van der Waals surface area contributed by atoms with E-state index in [1.54, 1.807) is 30.6 Å². The lowest BCUT2D eigenvalue weighted by atomic mass is 9.79. The molecular formula is C51H60BF11N10O2. The van der Waals surface area contributed by atoms with Gasteiger partial charge < -0.3 is 19.1 Å². The molecule has 7 heterocycles. The number of aromatic nitrogens is 6. The first-order valence-electron chi connectivity index (χ1n) is 25.0. The zero-order chi connectivity index (χ0) is 52.9. The predicted octanol–water partition coefficient (Wildman–Crippen LogP) is 9.92. The van der Waals surface area contributed by atoms with Crippen LogP contribution >= 0.6 is 0 Å². The number of benzene rings is 2. The van der Waals surface area contributed by atoms with E-state index >= 15 is 4.39 Å². The first-order chi connectivity index (χ1) is 35.1. The predicted molar refractivity (Wildman–Crippen MR) is 262 cm³/mol. The van der Waals surface area contributed by atoms with Gasteiger partial charge in [-0.05, 0) is 131 Å². The molecule has 5 fully saturated rings. The number of piperazine rings is 2. The van der Waals surface area contributed by atoms with Crippen molar-refractivity contribution in [3.8, 4) is 0 Å². The van der Waals surface area contributed by atoms with E-state index in [0.717, 1.165) is 31.2 Å². The van der Waals surface area contributed by atoms with Gasteiger partial charge >= 0.3 is 19.5 Å². The summed E-state index contributed by atoms with van der Waals surface area (Å²) in [5, 5.41) is 16.0. The monoisotopic (exact) mass is 1060 g/mol. The minimum atomic E-state index is -4.55. The van der Waals surface area contributed by atoms with Crippen molar-refractivity contribution in [3.05, 3.63) is 112 Å². The van der Waals surface area contributed by atoms with Crippen molar-refractivity contribution in [3.63, 3.8) is 0 Å². The third-order valence-electron chi connectivity index (χ3n) is 15.2. The molecule has 0 bridgehead atoms. The Kier molecular flexibility index (Phi) is 16.2. The van der Waals surface area contributed by atoms with Crippen LogP contribution in [0.1, 0.15) is 92.8 Å². The number of nitrogens with zero attached hydrogens (tertiary/aromatic N) is 10. The van der Waals surface area contributed by atoms with Gasteiger partial charge in [0.05, 0.1) is 22.6 Å². The fourth-order valence-corrected chi connectivity index (χ4v) is 9.95. The zero-order valence-electron chi connectivity index (χ0n) is 42.3. The topological polar surface area (TPSA) is 91.8 Å². The normalized spacial score (nSPS) is 19.2. The fourth-order valence-electron chi connectivity index (χ4n) is 9.95. The number of hydrogen-bond acceptors (Lipinski definition) is 10. The van der Waals surface area contributed by atoms with Crippen LogP contribution in [0.15, 0.2) is 60.9 Å². The first kappa shape index (κ1) is 55.6. The Morgan fingerprint density at radius 1 is 0.573 bits per heavy atom. The lowest BCUT2D eigenvalue weighted by molar-refractivity contribution is -0.138. The Hall–Kier alpha value is -5.59. The number of alkyl halides is 6. The number of halogens is 11. The molecule has 75 heavy (non-hydrogen) atoms. The number of pyridine rings is 2. The number of aryl methyl sites for hydroxylation is 1. The van der Waals surface area contributed by atoms with E-state index in [-0.39, 0.29) is 51.8 Å². The molecule has 24 heteroatoms. The molecule has 4 aromatic heterocycles. The Labute approximate surface area is 427 Å². The van der Waals surface area contributed by atoms with Gasteiger partial charge in [0.1, 0.15) is 34.4 Å². The molecule has 0 atom stereocenters. The van der Waals surface area contributed by atoms with E-state index in [2.05, 4.69) is 20.4 Å². The third-order valence-corrected chi connectivity index (χ3v) is 15.2. The molecular weight excluding hydrogens is 1000 g/mol. The minimum Gasteiger partial charge on any atom is -0.399 e. The Balaban J connectivity index is 0.000000195.